The topological polar surface area (TPSA) is 220 Å². The Morgan fingerprint density at radius 3 is 2.20 bits per heavy atom. The highest BCUT2D eigenvalue weighted by molar-refractivity contribution is 7.81. The maximum atomic E-state index is 13.1. The number of benzene rings is 5. The van der Waals surface area contributed by atoms with E-state index in [1.54, 1.807) is 60.7 Å². The molecule has 4 N–H and O–H groups in total. The highest BCUT2D eigenvalue weighted by atomic mass is 32.3. The maximum Gasteiger partial charge on any atom is 0.397 e. The van der Waals surface area contributed by atoms with E-state index in [9.17, 15) is 27.3 Å². The van der Waals surface area contributed by atoms with Crippen LogP contribution in [0.4, 0.5) is 17.1 Å². The Bertz CT molecular complexity index is 2310. The normalized spacial score (nSPS) is 13.4. The Morgan fingerprint density at radius 2 is 1.49 bits per heavy atom. The molecule has 0 aromatic heterocycles. The van der Waals surface area contributed by atoms with Gasteiger partial charge in [-0.3, -0.25) is 33.9 Å². The number of fused-ring (bicyclic) bond motifs is 3. The molecule has 1 unspecified atom stereocenters. The van der Waals surface area contributed by atoms with Crippen LogP contribution < -0.4 is 5.48 Å². The van der Waals surface area contributed by atoms with Gasteiger partial charge < -0.3 is 5.11 Å². The minimum Gasteiger partial charge on any atom is -0.505 e. The van der Waals surface area contributed by atoms with Crippen molar-refractivity contribution in [2.45, 2.75) is 18.1 Å². The molecule has 17 heteroatoms. The van der Waals surface area contributed by atoms with Crippen LogP contribution in [0.2, 0.25) is 0 Å². The van der Waals surface area contributed by atoms with E-state index in [1.165, 1.54) is 30.3 Å². The summed E-state index contributed by atoms with van der Waals surface area (Å²) in [5, 5.41) is 29.9. The van der Waals surface area contributed by atoms with Crippen molar-refractivity contribution < 1.29 is 55.2 Å². The summed E-state index contributed by atoms with van der Waals surface area (Å²) in [6.45, 7) is -1.16. The van der Waals surface area contributed by atoms with E-state index in [1.807, 2.05) is 0 Å². The van der Waals surface area contributed by atoms with Crippen LogP contribution in [-0.4, -0.2) is 52.3 Å². The molecule has 1 atom stereocenters. The number of carbonyl (C=O) groups excluding carboxylic acids is 2. The fourth-order valence-corrected chi connectivity index (χ4v) is 6.26. The largest absolute Gasteiger partial charge is 0.505 e. The van der Waals surface area contributed by atoms with E-state index in [0.29, 0.717) is 44.4 Å². The summed E-state index contributed by atoms with van der Waals surface area (Å²) >= 11 is -1.97. The van der Waals surface area contributed by atoms with E-state index in [0.717, 1.165) is 0 Å². The third-order valence-electron chi connectivity index (χ3n) is 7.60. The minimum atomic E-state index is -4.64. The zero-order chi connectivity index (χ0) is 36.1. The van der Waals surface area contributed by atoms with Gasteiger partial charge in [0.25, 0.3) is 0 Å². The molecule has 0 radical (unpaired) electrons. The zero-order valence-corrected chi connectivity index (χ0v) is 27.8. The van der Waals surface area contributed by atoms with E-state index >= 15 is 0 Å². The number of nitrogens with zero attached hydrogens (tertiary/aromatic N) is 2. The lowest BCUT2D eigenvalue weighted by Crippen LogP contribution is -2.21. The summed E-state index contributed by atoms with van der Waals surface area (Å²) < 4.78 is 51.3. The van der Waals surface area contributed by atoms with Crippen LogP contribution in [0.15, 0.2) is 106 Å². The molecule has 5 aromatic carbocycles. The lowest BCUT2D eigenvalue weighted by molar-refractivity contribution is -0.252. The molecule has 0 fully saturated rings. The molecular weight excluding hydrogens is 707 g/mol. The molecule has 15 nitrogen and oxygen atoms in total. The average molecular weight is 734 g/mol. The van der Waals surface area contributed by atoms with Gasteiger partial charge in [-0.15, -0.1) is 5.11 Å². The lowest BCUT2D eigenvalue weighted by atomic mass is 9.84. The second-order valence-electron chi connectivity index (χ2n) is 10.9. The number of anilines is 1. The second kappa shape index (κ2) is 15.3. The number of azo groups is 1. The molecule has 0 heterocycles. The highest BCUT2D eigenvalue weighted by Crippen LogP contribution is 2.40. The summed E-state index contributed by atoms with van der Waals surface area (Å²) in [5.74, 6) is -0.766. The molecular formula is C34H27N3O12S2. The fourth-order valence-electron chi connectivity index (χ4n) is 5.27. The van der Waals surface area contributed by atoms with Crippen LogP contribution in [0.1, 0.15) is 43.0 Å². The Morgan fingerprint density at radius 1 is 0.784 bits per heavy atom. The zero-order valence-electron chi connectivity index (χ0n) is 26.2. The number of ketones is 2. The van der Waals surface area contributed by atoms with Gasteiger partial charge in [0.2, 0.25) is 0 Å². The van der Waals surface area contributed by atoms with Crippen LogP contribution in [0.25, 0.3) is 10.8 Å². The minimum absolute atomic E-state index is 0.0872. The number of nitrogens with one attached hydrogen (secondary N) is 1. The molecule has 5 aromatic rings. The van der Waals surface area contributed by atoms with Gasteiger partial charge in [-0.05, 0) is 65.5 Å². The molecule has 262 valence electrons. The van der Waals surface area contributed by atoms with Crippen LogP contribution in [-0.2, 0) is 52.8 Å². The second-order valence-corrected chi connectivity index (χ2v) is 13.2. The highest BCUT2D eigenvalue weighted by Gasteiger charge is 2.29. The van der Waals surface area contributed by atoms with Crippen LogP contribution in [0.5, 0.6) is 5.75 Å². The van der Waals surface area contributed by atoms with Crippen LogP contribution >= 0.6 is 0 Å². The number of phenolic OH excluding ortho intramolecular Hbond substituents is 1. The standard InChI is InChI=1S/C34H27N3O12S2/c38-32-22(19-46-37-24-8-12-29-30(17-24)34(40)28-4-2-1-3-27(28)33(29)39)16-21-15-20(18-47-41)5-11-26(21)31(32)36-35-23-6-9-25(10-7-23)50(42)48-13-14-49-51(43,44)45/h1-12,15-17,37-38,41H,13-14,18-19H2,(H,43,44,45). The van der Waals surface area contributed by atoms with Gasteiger partial charge in [0.1, 0.15) is 24.7 Å². The predicted molar refractivity (Wildman–Crippen MR) is 182 cm³/mol. The van der Waals surface area contributed by atoms with E-state index in [-0.39, 0.29) is 58.8 Å². The number of phenols is 1. The Balaban J connectivity index is 1.19. The summed E-state index contributed by atoms with van der Waals surface area (Å²) in [6, 6.07) is 24.0. The maximum absolute atomic E-state index is 13.1. The van der Waals surface area contributed by atoms with Crippen LogP contribution in [0, 0.1) is 0 Å². The van der Waals surface area contributed by atoms with Gasteiger partial charge in [0.05, 0.1) is 29.5 Å². The van der Waals surface area contributed by atoms with Crippen molar-refractivity contribution in [2.75, 3.05) is 18.7 Å². The molecule has 0 spiro atoms. The first-order valence-electron chi connectivity index (χ1n) is 14.9. The molecule has 0 aliphatic heterocycles. The number of carbonyl (C=O) groups is 2. The molecule has 0 saturated heterocycles. The van der Waals surface area contributed by atoms with E-state index in [4.69, 9.17) is 18.8 Å². The number of rotatable bonds is 14. The Hall–Kier alpha value is -5.24. The lowest BCUT2D eigenvalue weighted by Gasteiger charge is -2.18. The number of hydrogen-bond acceptors (Lipinski definition) is 14. The molecule has 1 aliphatic rings. The summed E-state index contributed by atoms with van der Waals surface area (Å²) in [4.78, 5) is 36.3. The van der Waals surface area contributed by atoms with Gasteiger partial charge in [0, 0.05) is 33.2 Å². The van der Waals surface area contributed by atoms with Crippen LogP contribution in [0.3, 0.4) is 0 Å². The number of aromatic hydroxyl groups is 1. The first kappa shape index (κ1) is 35.6. The molecule has 6 rings (SSSR count). The van der Waals surface area contributed by atoms with Crippen molar-refractivity contribution in [3.8, 4) is 5.75 Å². The smallest absolute Gasteiger partial charge is 0.397 e. The van der Waals surface area contributed by atoms with Crippen molar-refractivity contribution in [2.24, 2.45) is 10.2 Å². The van der Waals surface area contributed by atoms with Gasteiger partial charge in [-0.1, -0.05) is 36.4 Å². The Labute approximate surface area is 292 Å². The molecule has 0 saturated carbocycles. The third-order valence-corrected chi connectivity index (χ3v) is 9.11. The molecule has 51 heavy (non-hydrogen) atoms. The summed E-state index contributed by atoms with van der Waals surface area (Å²) in [5.41, 5.74) is 5.74. The first-order valence-corrected chi connectivity index (χ1v) is 17.4. The Kier molecular flexibility index (Phi) is 10.7. The monoisotopic (exact) mass is 733 g/mol. The SMILES string of the molecule is O=C1c2ccccc2C(=O)c2cc(NOCc3cc4cc(COO)ccc4c(N=Nc4ccc(S(=O)OCCOS(=O)(=O)O)cc4)c3O)ccc21. The van der Waals surface area contributed by atoms with E-state index in [2.05, 4.69) is 24.8 Å². The van der Waals surface area contributed by atoms with Crippen molar-refractivity contribution in [3.05, 3.63) is 124 Å². The van der Waals surface area contributed by atoms with Crippen molar-refractivity contribution in [1.29, 1.82) is 0 Å². The van der Waals surface area contributed by atoms with Gasteiger partial charge in [0.15, 0.2) is 22.6 Å². The van der Waals surface area contributed by atoms with Gasteiger partial charge in [-0.2, -0.15) is 13.5 Å². The van der Waals surface area contributed by atoms with Crippen molar-refractivity contribution >= 4 is 60.9 Å². The molecule has 0 bridgehead atoms. The van der Waals surface area contributed by atoms with Crippen molar-refractivity contribution in [3.63, 3.8) is 0 Å². The molecule has 1 aliphatic carbocycles. The molecule has 0 amide bonds. The summed E-state index contributed by atoms with van der Waals surface area (Å²) in [7, 11) is -4.64. The van der Waals surface area contributed by atoms with Gasteiger partial charge in [-0.25, -0.2) is 13.3 Å². The summed E-state index contributed by atoms with van der Waals surface area (Å²) in [6.07, 6.45) is 0. The quantitative estimate of drug-likeness (QED) is 0.0326. The third kappa shape index (κ3) is 8.22. The predicted octanol–water partition coefficient (Wildman–Crippen LogP) is 6.13. The average Bonchev–Trinajstić information content (AvgIpc) is 3.12. The number of hydrogen-bond donors (Lipinski definition) is 4. The van der Waals surface area contributed by atoms with Gasteiger partial charge >= 0.3 is 10.4 Å². The fraction of sp³-hybridized carbons (Fsp3) is 0.118. The first-order chi connectivity index (χ1) is 24.5. The van der Waals surface area contributed by atoms with E-state index < -0.39 is 28.1 Å². The van der Waals surface area contributed by atoms with Crippen molar-refractivity contribution in [1.82, 2.24) is 0 Å².